The number of nitrogens with zero attached hydrogens (tertiary/aromatic N) is 2. The van der Waals surface area contributed by atoms with E-state index >= 15 is 0 Å². The summed E-state index contributed by atoms with van der Waals surface area (Å²) >= 11 is 0. The van der Waals surface area contributed by atoms with Gasteiger partial charge >= 0.3 is 0 Å². The molecule has 2 heterocycles. The Balaban J connectivity index is 1.21. The van der Waals surface area contributed by atoms with Crippen LogP contribution < -0.4 is 0 Å². The van der Waals surface area contributed by atoms with Crippen molar-refractivity contribution < 1.29 is 4.42 Å². The van der Waals surface area contributed by atoms with Crippen LogP contribution in [0.2, 0.25) is 0 Å². The van der Waals surface area contributed by atoms with Crippen molar-refractivity contribution >= 4 is 22.1 Å². The minimum atomic E-state index is 0.681. The monoisotopic (exact) mass is 652 g/mol. The fraction of sp³-hybridized carbons (Fsp3) is 0.0417. The second-order valence-electron chi connectivity index (χ2n) is 13.3. The molecule has 3 nitrogen and oxygen atoms in total. The second-order valence-corrected chi connectivity index (χ2v) is 13.3. The Labute approximate surface area is 296 Å². The number of fused-ring (bicyclic) bond motifs is 9. The van der Waals surface area contributed by atoms with E-state index in [1.165, 1.54) is 50.1 Å². The predicted octanol–water partition coefficient (Wildman–Crippen LogP) is 12.2. The highest BCUT2D eigenvalue weighted by Crippen LogP contribution is 2.42. The highest BCUT2D eigenvalue weighted by atomic mass is 16.3. The molecule has 0 bridgehead atoms. The molecule has 0 unspecified atom stereocenters. The number of hydrogen-bond acceptors (Lipinski definition) is 3. The molecule has 0 N–H and O–H groups in total. The Morgan fingerprint density at radius 3 is 1.65 bits per heavy atom. The van der Waals surface area contributed by atoms with Gasteiger partial charge in [0.2, 0.25) is 0 Å². The van der Waals surface area contributed by atoms with Crippen LogP contribution in [0, 0.1) is 0 Å². The third kappa shape index (κ3) is 5.05. The van der Waals surface area contributed by atoms with Crippen LogP contribution in [0.25, 0.3) is 78.1 Å². The Bertz CT molecular complexity index is 2740. The molecule has 0 spiro atoms. The first-order valence-corrected chi connectivity index (χ1v) is 17.5. The first kappa shape index (κ1) is 29.3. The van der Waals surface area contributed by atoms with E-state index in [1.807, 2.05) is 36.4 Å². The largest absolute Gasteiger partial charge is 0.452 e. The van der Waals surface area contributed by atoms with Crippen LogP contribution in [0.1, 0.15) is 22.3 Å². The summed E-state index contributed by atoms with van der Waals surface area (Å²) in [5.41, 5.74) is 17.9. The zero-order valence-corrected chi connectivity index (χ0v) is 27.9. The Morgan fingerprint density at radius 1 is 0.412 bits per heavy atom. The molecule has 10 rings (SSSR count). The molecule has 0 saturated carbocycles. The molecule has 0 saturated heterocycles. The van der Waals surface area contributed by atoms with E-state index in [0.717, 1.165) is 51.7 Å². The molecule has 1 aliphatic carbocycles. The topological polar surface area (TPSA) is 38.9 Å². The summed E-state index contributed by atoms with van der Waals surface area (Å²) in [4.78, 5) is 10.2. The molecule has 1 aliphatic rings. The lowest BCUT2D eigenvalue weighted by atomic mass is 9.81. The summed E-state index contributed by atoms with van der Waals surface area (Å²) < 4.78 is 6.60. The van der Waals surface area contributed by atoms with Gasteiger partial charge < -0.3 is 4.42 Å². The lowest BCUT2D eigenvalue weighted by molar-refractivity contribution is 0.667. The molecule has 51 heavy (non-hydrogen) atoms. The maximum atomic E-state index is 6.60. The molecule has 0 fully saturated rings. The molecule has 0 atom stereocenters. The van der Waals surface area contributed by atoms with Gasteiger partial charge in [-0.1, -0.05) is 158 Å². The molecular weight excluding hydrogens is 621 g/mol. The Morgan fingerprint density at radius 2 is 0.961 bits per heavy atom. The lowest BCUT2D eigenvalue weighted by Crippen LogP contribution is -2.04. The van der Waals surface area contributed by atoms with Gasteiger partial charge in [0.25, 0.3) is 0 Å². The average Bonchev–Trinajstić information content (AvgIpc) is 3.57. The Kier molecular flexibility index (Phi) is 6.95. The highest BCUT2D eigenvalue weighted by molar-refractivity contribution is 6.08. The van der Waals surface area contributed by atoms with Crippen molar-refractivity contribution in [1.29, 1.82) is 0 Å². The van der Waals surface area contributed by atoms with Crippen LogP contribution in [0.3, 0.4) is 0 Å². The number of hydrogen-bond donors (Lipinski definition) is 0. The summed E-state index contributed by atoms with van der Waals surface area (Å²) in [7, 11) is 0. The summed E-state index contributed by atoms with van der Waals surface area (Å²) in [6.45, 7) is 0. The van der Waals surface area contributed by atoms with E-state index in [0.29, 0.717) is 11.4 Å². The van der Waals surface area contributed by atoms with Crippen molar-refractivity contribution in [3.05, 3.63) is 192 Å². The van der Waals surface area contributed by atoms with Crippen molar-refractivity contribution in [3.8, 4) is 56.0 Å². The fourth-order valence-electron chi connectivity index (χ4n) is 7.83. The standard InChI is InChI=1S/C48H32N2O/c1-3-14-31(15-4-1)45-47-46(50-48(49-45)32-16-5-2-6-17-32)43-30-36(26-27-44(43)51-47)40-24-13-25-41-39-23-12-8-19-34(39)28-33-18-7-10-21-37(33)38-22-11-9-20-35(38)29-42(40)41/h1-27,30H,28-29H2. The smallest absolute Gasteiger partial charge is 0.180 e. The van der Waals surface area contributed by atoms with Gasteiger partial charge in [0.15, 0.2) is 11.4 Å². The van der Waals surface area contributed by atoms with Crippen molar-refractivity contribution in [2.45, 2.75) is 12.8 Å². The van der Waals surface area contributed by atoms with E-state index in [4.69, 9.17) is 14.4 Å². The van der Waals surface area contributed by atoms with Gasteiger partial charge in [-0.05, 0) is 80.6 Å². The van der Waals surface area contributed by atoms with Crippen LogP contribution in [0.5, 0.6) is 0 Å². The van der Waals surface area contributed by atoms with E-state index < -0.39 is 0 Å². The SMILES string of the molecule is c1ccc(-c2nc(-c3ccccc3)c3oc4ccc(-c5cccc6c5Cc5ccccc5-c5ccccc5Cc5ccccc5-6)cc4c3n2)cc1. The molecule has 7 aromatic carbocycles. The number of furan rings is 1. The van der Waals surface area contributed by atoms with Gasteiger partial charge in [-0.2, -0.15) is 0 Å². The molecule has 0 amide bonds. The van der Waals surface area contributed by atoms with Crippen LogP contribution in [-0.2, 0) is 12.8 Å². The molecular formula is C48H32N2O. The van der Waals surface area contributed by atoms with E-state index in [1.54, 1.807) is 0 Å². The van der Waals surface area contributed by atoms with Gasteiger partial charge in [-0.15, -0.1) is 0 Å². The zero-order valence-electron chi connectivity index (χ0n) is 27.9. The normalized spacial score (nSPS) is 12.2. The van der Waals surface area contributed by atoms with E-state index in [2.05, 4.69) is 133 Å². The minimum absolute atomic E-state index is 0.681. The molecule has 0 radical (unpaired) electrons. The first-order valence-electron chi connectivity index (χ1n) is 17.5. The van der Waals surface area contributed by atoms with Crippen LogP contribution in [0.15, 0.2) is 174 Å². The summed E-state index contributed by atoms with van der Waals surface area (Å²) in [6.07, 6.45) is 1.66. The predicted molar refractivity (Wildman–Crippen MR) is 209 cm³/mol. The van der Waals surface area contributed by atoms with Crippen LogP contribution >= 0.6 is 0 Å². The van der Waals surface area contributed by atoms with Crippen LogP contribution in [0.4, 0.5) is 0 Å². The van der Waals surface area contributed by atoms with Crippen molar-refractivity contribution in [1.82, 2.24) is 9.97 Å². The molecule has 3 heteroatoms. The highest BCUT2D eigenvalue weighted by Gasteiger charge is 2.22. The van der Waals surface area contributed by atoms with Gasteiger partial charge in [-0.25, -0.2) is 9.97 Å². The maximum Gasteiger partial charge on any atom is 0.180 e. The quantitative estimate of drug-likeness (QED) is 0.191. The fourth-order valence-corrected chi connectivity index (χ4v) is 7.83. The number of rotatable bonds is 3. The van der Waals surface area contributed by atoms with Crippen molar-refractivity contribution in [3.63, 3.8) is 0 Å². The third-order valence-corrected chi connectivity index (χ3v) is 10.3. The molecule has 0 aliphatic heterocycles. The maximum absolute atomic E-state index is 6.60. The summed E-state index contributed by atoms with van der Waals surface area (Å²) in [5.74, 6) is 0.681. The minimum Gasteiger partial charge on any atom is -0.452 e. The van der Waals surface area contributed by atoms with Crippen LogP contribution in [-0.4, -0.2) is 9.97 Å². The summed E-state index contributed by atoms with van der Waals surface area (Å²) in [6, 6.07) is 60.5. The molecule has 2 aromatic heterocycles. The summed E-state index contributed by atoms with van der Waals surface area (Å²) in [5, 5.41) is 0.978. The molecule has 240 valence electrons. The van der Waals surface area contributed by atoms with E-state index in [-0.39, 0.29) is 0 Å². The molecule has 9 aromatic rings. The van der Waals surface area contributed by atoms with Gasteiger partial charge in [0.1, 0.15) is 16.8 Å². The van der Waals surface area contributed by atoms with Gasteiger partial charge in [0, 0.05) is 16.5 Å². The van der Waals surface area contributed by atoms with Gasteiger partial charge in [-0.3, -0.25) is 0 Å². The number of benzene rings is 7. The van der Waals surface area contributed by atoms with Crippen molar-refractivity contribution in [2.24, 2.45) is 0 Å². The third-order valence-electron chi connectivity index (χ3n) is 10.3. The Hall–Kier alpha value is -6.58. The lowest BCUT2D eigenvalue weighted by Gasteiger charge is -2.22. The number of aromatic nitrogens is 2. The zero-order chi connectivity index (χ0) is 33.7. The average molecular weight is 653 g/mol. The van der Waals surface area contributed by atoms with E-state index in [9.17, 15) is 0 Å². The second kappa shape index (κ2) is 12.1. The van der Waals surface area contributed by atoms with Gasteiger partial charge in [0.05, 0.1) is 0 Å². The van der Waals surface area contributed by atoms with Crippen molar-refractivity contribution in [2.75, 3.05) is 0 Å². The first-order chi connectivity index (χ1) is 25.3.